The number of fused-ring (bicyclic) bond motifs is 1. The number of hydrogen-bond acceptors (Lipinski definition) is 6. The number of carbonyl (C=O) groups is 3. The van der Waals surface area contributed by atoms with Crippen molar-refractivity contribution in [2.24, 2.45) is 17.8 Å². The van der Waals surface area contributed by atoms with Crippen molar-refractivity contribution in [2.45, 2.75) is 76.8 Å². The summed E-state index contributed by atoms with van der Waals surface area (Å²) in [6.45, 7) is 5.18. The zero-order valence-corrected chi connectivity index (χ0v) is 24.7. The first-order chi connectivity index (χ1) is 20.3. The Kier molecular flexibility index (Phi) is 8.26. The number of amides is 2. The summed E-state index contributed by atoms with van der Waals surface area (Å²) in [5, 5.41) is 9.48. The Morgan fingerprint density at radius 1 is 1.07 bits per heavy atom. The zero-order chi connectivity index (χ0) is 29.4. The van der Waals surface area contributed by atoms with Crippen molar-refractivity contribution in [1.29, 1.82) is 0 Å². The van der Waals surface area contributed by atoms with E-state index in [-0.39, 0.29) is 29.7 Å². The second kappa shape index (κ2) is 12.1. The summed E-state index contributed by atoms with van der Waals surface area (Å²) < 4.78 is 11.6. The Hall–Kier alpha value is -3.39. The standard InChI is InChI=1S/C34H42N2O6/c1-21(25-8-10-30-26(16-25)13-14-42-30)35(18-22-3-6-24(7-4-22)34(39)40)19-23-5-9-28(31(15-23)41-2)29-17-27(29)20-36-32(37)11-12-33(36)38/h5,8-10,15-16,21-22,24,27,29H,3-4,6-7,11-14,17-20H2,1-2H3,(H,39,40). The number of imide groups is 1. The lowest BCUT2D eigenvalue weighted by atomic mass is 9.81. The van der Waals surface area contributed by atoms with Crippen molar-refractivity contribution in [2.75, 3.05) is 26.8 Å². The third-order valence-corrected chi connectivity index (χ3v) is 10.0. The van der Waals surface area contributed by atoms with Gasteiger partial charge in [-0.05, 0) is 91.2 Å². The molecule has 3 atom stereocenters. The van der Waals surface area contributed by atoms with Crippen molar-refractivity contribution in [3.8, 4) is 11.5 Å². The molecule has 2 aromatic rings. The van der Waals surface area contributed by atoms with E-state index in [0.29, 0.717) is 31.2 Å². The van der Waals surface area contributed by atoms with Crippen molar-refractivity contribution >= 4 is 17.8 Å². The number of benzene rings is 2. The van der Waals surface area contributed by atoms with E-state index in [9.17, 15) is 19.5 Å². The fraction of sp³-hybridized carbons (Fsp3) is 0.559. The Morgan fingerprint density at radius 3 is 2.55 bits per heavy atom. The number of aliphatic carboxylic acids is 1. The number of rotatable bonds is 11. The molecule has 8 heteroatoms. The van der Waals surface area contributed by atoms with Gasteiger partial charge in [-0.1, -0.05) is 24.3 Å². The number of carboxylic acids is 1. The molecule has 2 aliphatic carbocycles. The molecule has 4 aliphatic rings. The molecule has 3 fully saturated rings. The molecule has 0 aromatic heterocycles. The van der Waals surface area contributed by atoms with Gasteiger partial charge in [-0.3, -0.25) is 24.2 Å². The molecule has 2 aliphatic heterocycles. The van der Waals surface area contributed by atoms with Crippen molar-refractivity contribution < 1.29 is 29.0 Å². The van der Waals surface area contributed by atoms with E-state index in [1.807, 2.05) is 0 Å². The molecule has 224 valence electrons. The van der Waals surface area contributed by atoms with Crippen molar-refractivity contribution in [3.05, 3.63) is 58.7 Å². The molecule has 6 rings (SSSR count). The molecule has 42 heavy (non-hydrogen) atoms. The van der Waals surface area contributed by atoms with Gasteiger partial charge in [0.1, 0.15) is 11.5 Å². The lowest BCUT2D eigenvalue weighted by Crippen LogP contribution is -2.34. The zero-order valence-electron chi connectivity index (χ0n) is 24.7. The van der Waals surface area contributed by atoms with Crippen LogP contribution < -0.4 is 9.47 Å². The first-order valence-corrected chi connectivity index (χ1v) is 15.5. The number of methoxy groups -OCH3 is 1. The van der Waals surface area contributed by atoms with Gasteiger partial charge in [0.25, 0.3) is 0 Å². The number of carbonyl (C=O) groups excluding carboxylic acids is 2. The molecular weight excluding hydrogens is 532 g/mol. The lowest BCUT2D eigenvalue weighted by Gasteiger charge is -2.35. The van der Waals surface area contributed by atoms with Crippen LogP contribution in [0.2, 0.25) is 0 Å². The minimum absolute atomic E-state index is 0.0467. The van der Waals surface area contributed by atoms with Crippen LogP contribution in [0.15, 0.2) is 36.4 Å². The van der Waals surface area contributed by atoms with E-state index in [1.54, 1.807) is 7.11 Å². The summed E-state index contributed by atoms with van der Waals surface area (Å²) in [6.07, 6.45) is 5.94. The smallest absolute Gasteiger partial charge is 0.306 e. The van der Waals surface area contributed by atoms with Crippen LogP contribution in [0.3, 0.4) is 0 Å². The van der Waals surface area contributed by atoms with E-state index in [2.05, 4.69) is 48.2 Å². The summed E-state index contributed by atoms with van der Waals surface area (Å²) in [6, 6.07) is 13.2. The van der Waals surface area contributed by atoms with Crippen LogP contribution in [0.1, 0.15) is 86.1 Å². The molecule has 3 unspecified atom stereocenters. The largest absolute Gasteiger partial charge is 0.496 e. The van der Waals surface area contributed by atoms with E-state index in [0.717, 1.165) is 75.3 Å². The van der Waals surface area contributed by atoms with Crippen LogP contribution in [-0.4, -0.2) is 59.5 Å². The van der Waals surface area contributed by atoms with Gasteiger partial charge in [0.05, 0.1) is 19.6 Å². The van der Waals surface area contributed by atoms with Crippen LogP contribution >= 0.6 is 0 Å². The fourth-order valence-corrected chi connectivity index (χ4v) is 7.25. The first kappa shape index (κ1) is 28.7. The molecule has 2 heterocycles. The predicted molar refractivity (Wildman–Crippen MR) is 157 cm³/mol. The maximum absolute atomic E-state index is 12.1. The highest BCUT2D eigenvalue weighted by molar-refractivity contribution is 6.01. The van der Waals surface area contributed by atoms with Crippen molar-refractivity contribution in [1.82, 2.24) is 9.80 Å². The van der Waals surface area contributed by atoms with Gasteiger partial charge in [-0.25, -0.2) is 0 Å². The summed E-state index contributed by atoms with van der Waals surface area (Å²) in [5.41, 5.74) is 4.86. The predicted octanol–water partition coefficient (Wildman–Crippen LogP) is 5.34. The average molecular weight is 575 g/mol. The highest BCUT2D eigenvalue weighted by atomic mass is 16.5. The minimum Gasteiger partial charge on any atom is -0.496 e. The van der Waals surface area contributed by atoms with Gasteiger partial charge in [0.2, 0.25) is 11.8 Å². The first-order valence-electron chi connectivity index (χ1n) is 15.5. The maximum atomic E-state index is 12.1. The van der Waals surface area contributed by atoms with E-state index < -0.39 is 5.97 Å². The highest BCUT2D eigenvalue weighted by Crippen LogP contribution is 2.51. The van der Waals surface area contributed by atoms with E-state index in [1.165, 1.54) is 21.6 Å². The molecule has 0 bridgehead atoms. The molecule has 1 saturated heterocycles. The molecule has 0 radical (unpaired) electrons. The lowest BCUT2D eigenvalue weighted by molar-refractivity contribution is -0.143. The Bertz CT molecular complexity index is 1330. The maximum Gasteiger partial charge on any atom is 0.306 e. The Balaban J connectivity index is 1.18. The second-order valence-corrected chi connectivity index (χ2v) is 12.7. The molecule has 0 spiro atoms. The van der Waals surface area contributed by atoms with Crippen LogP contribution in [0, 0.1) is 17.8 Å². The van der Waals surface area contributed by atoms with Gasteiger partial charge < -0.3 is 14.6 Å². The van der Waals surface area contributed by atoms with Gasteiger partial charge in [0.15, 0.2) is 0 Å². The number of ether oxygens (including phenoxy) is 2. The molecule has 1 N–H and O–H groups in total. The number of carboxylic acid groups (broad SMARTS) is 1. The van der Waals surface area contributed by atoms with Crippen LogP contribution in [0.5, 0.6) is 11.5 Å². The van der Waals surface area contributed by atoms with Crippen molar-refractivity contribution in [3.63, 3.8) is 0 Å². The number of hydrogen-bond donors (Lipinski definition) is 1. The van der Waals surface area contributed by atoms with E-state index >= 15 is 0 Å². The number of likely N-dealkylation sites (tertiary alicyclic amines) is 1. The SMILES string of the molecule is COc1cc(CN(CC2CCC(C(=O)O)CC2)C(C)c2ccc3c(c2)CCO3)ccc1C1CC1CN1C(=O)CCC1=O. The summed E-state index contributed by atoms with van der Waals surface area (Å²) in [4.78, 5) is 39.7. The fourth-order valence-electron chi connectivity index (χ4n) is 7.25. The van der Waals surface area contributed by atoms with Gasteiger partial charge >= 0.3 is 5.97 Å². The van der Waals surface area contributed by atoms with Crippen LogP contribution in [0.25, 0.3) is 0 Å². The summed E-state index contributed by atoms with van der Waals surface area (Å²) in [5.74, 6) is 1.93. The molecule has 2 aromatic carbocycles. The normalized spacial score (nSPS) is 25.8. The quantitative estimate of drug-likeness (QED) is 0.362. The second-order valence-electron chi connectivity index (χ2n) is 12.7. The summed E-state index contributed by atoms with van der Waals surface area (Å²) >= 11 is 0. The topological polar surface area (TPSA) is 96.4 Å². The Morgan fingerprint density at radius 2 is 1.83 bits per heavy atom. The van der Waals surface area contributed by atoms with Gasteiger partial charge in [0, 0.05) is 44.9 Å². The van der Waals surface area contributed by atoms with Gasteiger partial charge in [-0.15, -0.1) is 0 Å². The Labute approximate surface area is 248 Å². The average Bonchev–Trinajstić information content (AvgIpc) is 3.47. The van der Waals surface area contributed by atoms with E-state index in [4.69, 9.17) is 9.47 Å². The third-order valence-electron chi connectivity index (χ3n) is 10.0. The van der Waals surface area contributed by atoms with Gasteiger partial charge in [-0.2, -0.15) is 0 Å². The molecule has 2 amide bonds. The highest BCUT2D eigenvalue weighted by Gasteiger charge is 2.44. The minimum atomic E-state index is -0.664. The number of nitrogens with zero attached hydrogens (tertiary/aromatic N) is 2. The molecular formula is C34H42N2O6. The monoisotopic (exact) mass is 574 g/mol. The van der Waals surface area contributed by atoms with Crippen LogP contribution in [0.4, 0.5) is 0 Å². The molecule has 2 saturated carbocycles. The third kappa shape index (κ3) is 6.05. The summed E-state index contributed by atoms with van der Waals surface area (Å²) in [7, 11) is 1.71. The van der Waals surface area contributed by atoms with Crippen LogP contribution in [-0.2, 0) is 27.3 Å². The molecule has 8 nitrogen and oxygen atoms in total.